The molecule has 1 aliphatic heterocycles. The van der Waals surface area contributed by atoms with Crippen molar-refractivity contribution in [1.29, 1.82) is 0 Å². The molecule has 0 amide bonds. The molecule has 0 radical (unpaired) electrons. The highest BCUT2D eigenvalue weighted by Crippen LogP contribution is 2.21. The summed E-state index contributed by atoms with van der Waals surface area (Å²) in [6, 6.07) is 0.370. The van der Waals surface area contributed by atoms with Gasteiger partial charge in [0.2, 0.25) is 0 Å². The van der Waals surface area contributed by atoms with Gasteiger partial charge in [-0.15, -0.1) is 0 Å². The summed E-state index contributed by atoms with van der Waals surface area (Å²) in [7, 11) is 0. The topological polar surface area (TPSA) is 47.7 Å². The highest BCUT2D eigenvalue weighted by Gasteiger charge is 2.28. The number of nitrogens with zero attached hydrogens (tertiary/aromatic N) is 1. The van der Waals surface area contributed by atoms with Gasteiger partial charge in [0.1, 0.15) is 0 Å². The van der Waals surface area contributed by atoms with Gasteiger partial charge in [0.05, 0.1) is 25.4 Å². The molecule has 1 atom stereocenters. The summed E-state index contributed by atoms with van der Waals surface area (Å²) in [6.07, 6.45) is 2.69. The first kappa shape index (κ1) is 11.3. The average molecular weight is 214 g/mol. The van der Waals surface area contributed by atoms with Crippen molar-refractivity contribution in [2.45, 2.75) is 38.0 Å². The zero-order valence-corrected chi connectivity index (χ0v) is 9.52. The molecule has 0 spiro atoms. The molecule has 1 aliphatic carbocycles. The van der Waals surface area contributed by atoms with Crippen LogP contribution in [0, 0.1) is 0 Å². The Hall–Kier alpha value is -0.160. The van der Waals surface area contributed by atoms with E-state index in [2.05, 4.69) is 11.8 Å². The third-order valence-corrected chi connectivity index (χ3v) is 3.32. The molecule has 88 valence electrons. The van der Waals surface area contributed by atoms with E-state index in [1.165, 1.54) is 0 Å². The number of likely N-dealkylation sites (N-methyl/N-ethyl adjacent to an activating group) is 1. The summed E-state index contributed by atoms with van der Waals surface area (Å²) in [5.74, 6) is 0. The van der Waals surface area contributed by atoms with Gasteiger partial charge in [-0.3, -0.25) is 4.90 Å². The molecular formula is C11H22N2O2. The Morgan fingerprint density at radius 1 is 1.47 bits per heavy atom. The molecular weight excluding hydrogens is 192 g/mol. The molecule has 4 nitrogen and oxygen atoms in total. The first-order chi connectivity index (χ1) is 7.28. The van der Waals surface area contributed by atoms with E-state index in [4.69, 9.17) is 15.2 Å². The van der Waals surface area contributed by atoms with Crippen molar-refractivity contribution in [1.82, 2.24) is 4.90 Å². The van der Waals surface area contributed by atoms with Crippen molar-refractivity contribution in [2.24, 2.45) is 5.73 Å². The van der Waals surface area contributed by atoms with Gasteiger partial charge in [-0.05, 0) is 19.4 Å². The van der Waals surface area contributed by atoms with E-state index in [0.717, 1.165) is 45.7 Å². The summed E-state index contributed by atoms with van der Waals surface area (Å²) in [6.45, 7) is 6.93. The maximum atomic E-state index is 5.75. The van der Waals surface area contributed by atoms with Gasteiger partial charge in [0, 0.05) is 19.1 Å². The van der Waals surface area contributed by atoms with Gasteiger partial charge < -0.3 is 15.2 Å². The van der Waals surface area contributed by atoms with Crippen LogP contribution in [0.2, 0.25) is 0 Å². The lowest BCUT2D eigenvalue weighted by Crippen LogP contribution is -2.47. The molecule has 1 heterocycles. The fourth-order valence-electron chi connectivity index (χ4n) is 2.15. The molecule has 2 fully saturated rings. The highest BCUT2D eigenvalue weighted by molar-refractivity contribution is 4.83. The molecule has 2 N–H and O–H groups in total. The normalized spacial score (nSPS) is 37.6. The molecule has 0 bridgehead atoms. The lowest BCUT2D eigenvalue weighted by molar-refractivity contribution is -0.100. The van der Waals surface area contributed by atoms with Gasteiger partial charge in [0.25, 0.3) is 0 Å². The largest absolute Gasteiger partial charge is 0.375 e. The van der Waals surface area contributed by atoms with Crippen LogP contribution in [0.5, 0.6) is 0 Å². The molecule has 0 aromatic carbocycles. The van der Waals surface area contributed by atoms with Crippen molar-refractivity contribution in [3.63, 3.8) is 0 Å². The van der Waals surface area contributed by atoms with Gasteiger partial charge in [0.15, 0.2) is 0 Å². The standard InChI is InChI=1S/C11H22N2O2/c1-2-13-3-4-14-11(7-13)8-15-10-5-9(12)6-10/h9-11H,2-8,12H2,1H3. The molecule has 1 saturated heterocycles. The van der Waals surface area contributed by atoms with Crippen LogP contribution in [-0.2, 0) is 9.47 Å². The van der Waals surface area contributed by atoms with Gasteiger partial charge in [-0.25, -0.2) is 0 Å². The predicted molar refractivity (Wildman–Crippen MR) is 58.8 cm³/mol. The number of hydrogen-bond donors (Lipinski definition) is 1. The Kier molecular flexibility index (Phi) is 3.97. The molecule has 1 unspecified atom stereocenters. The van der Waals surface area contributed by atoms with Crippen molar-refractivity contribution < 1.29 is 9.47 Å². The van der Waals surface area contributed by atoms with E-state index in [1.807, 2.05) is 0 Å². The quantitative estimate of drug-likeness (QED) is 0.727. The van der Waals surface area contributed by atoms with Gasteiger partial charge in [-0.2, -0.15) is 0 Å². The van der Waals surface area contributed by atoms with Crippen LogP contribution >= 0.6 is 0 Å². The number of rotatable bonds is 4. The lowest BCUT2D eigenvalue weighted by atomic mass is 9.90. The van der Waals surface area contributed by atoms with Crippen molar-refractivity contribution in [3.8, 4) is 0 Å². The van der Waals surface area contributed by atoms with E-state index in [0.29, 0.717) is 12.1 Å². The Morgan fingerprint density at radius 3 is 2.93 bits per heavy atom. The second-order valence-electron chi connectivity index (χ2n) is 4.57. The fraction of sp³-hybridized carbons (Fsp3) is 1.00. The molecule has 4 heteroatoms. The Labute approximate surface area is 91.7 Å². The summed E-state index contributed by atoms with van der Waals surface area (Å²) in [4.78, 5) is 2.41. The minimum atomic E-state index is 0.260. The van der Waals surface area contributed by atoms with E-state index < -0.39 is 0 Å². The van der Waals surface area contributed by atoms with Crippen LogP contribution in [0.15, 0.2) is 0 Å². The Bertz CT molecular complexity index is 195. The number of morpholine rings is 1. The minimum absolute atomic E-state index is 0.260. The summed E-state index contributed by atoms with van der Waals surface area (Å²) >= 11 is 0. The third kappa shape index (κ3) is 3.14. The average Bonchev–Trinajstić information content (AvgIpc) is 2.23. The smallest absolute Gasteiger partial charge is 0.0935 e. The van der Waals surface area contributed by atoms with Crippen LogP contribution in [0.3, 0.4) is 0 Å². The van der Waals surface area contributed by atoms with Crippen molar-refractivity contribution >= 4 is 0 Å². The summed E-state index contributed by atoms with van der Waals surface area (Å²) in [5.41, 5.74) is 5.70. The molecule has 2 rings (SSSR count). The second-order valence-corrected chi connectivity index (χ2v) is 4.57. The van der Waals surface area contributed by atoms with Crippen molar-refractivity contribution in [2.75, 3.05) is 32.8 Å². The fourth-order valence-corrected chi connectivity index (χ4v) is 2.15. The van der Waals surface area contributed by atoms with E-state index in [-0.39, 0.29) is 6.10 Å². The Balaban J connectivity index is 1.62. The monoisotopic (exact) mass is 214 g/mol. The van der Waals surface area contributed by atoms with Crippen LogP contribution in [0.25, 0.3) is 0 Å². The molecule has 0 aromatic rings. The van der Waals surface area contributed by atoms with Gasteiger partial charge in [-0.1, -0.05) is 6.92 Å². The zero-order valence-electron chi connectivity index (χ0n) is 9.52. The van der Waals surface area contributed by atoms with E-state index in [1.54, 1.807) is 0 Å². The third-order valence-electron chi connectivity index (χ3n) is 3.32. The summed E-state index contributed by atoms with van der Waals surface area (Å²) in [5, 5.41) is 0. The number of hydrogen-bond acceptors (Lipinski definition) is 4. The Morgan fingerprint density at radius 2 is 2.27 bits per heavy atom. The van der Waals surface area contributed by atoms with Crippen LogP contribution < -0.4 is 5.73 Å². The highest BCUT2D eigenvalue weighted by atomic mass is 16.5. The lowest BCUT2D eigenvalue weighted by Gasteiger charge is -2.36. The maximum absolute atomic E-state index is 5.75. The minimum Gasteiger partial charge on any atom is -0.375 e. The maximum Gasteiger partial charge on any atom is 0.0935 e. The molecule has 2 aliphatic rings. The van der Waals surface area contributed by atoms with Crippen LogP contribution in [0.4, 0.5) is 0 Å². The number of ether oxygens (including phenoxy) is 2. The second kappa shape index (κ2) is 5.25. The van der Waals surface area contributed by atoms with E-state index >= 15 is 0 Å². The molecule has 15 heavy (non-hydrogen) atoms. The first-order valence-corrected chi connectivity index (χ1v) is 5.99. The van der Waals surface area contributed by atoms with Gasteiger partial charge >= 0.3 is 0 Å². The van der Waals surface area contributed by atoms with Crippen LogP contribution in [-0.4, -0.2) is 56.0 Å². The zero-order chi connectivity index (χ0) is 10.7. The number of nitrogens with two attached hydrogens (primary N) is 1. The first-order valence-electron chi connectivity index (χ1n) is 5.99. The van der Waals surface area contributed by atoms with Crippen LogP contribution in [0.1, 0.15) is 19.8 Å². The molecule has 0 aromatic heterocycles. The summed E-state index contributed by atoms with van der Waals surface area (Å²) < 4.78 is 11.4. The predicted octanol–water partition coefficient (Wildman–Crippen LogP) is 0.213. The SMILES string of the molecule is CCN1CCOC(COC2CC(N)C2)C1. The molecule has 1 saturated carbocycles. The van der Waals surface area contributed by atoms with Crippen molar-refractivity contribution in [3.05, 3.63) is 0 Å². The van der Waals surface area contributed by atoms with E-state index in [9.17, 15) is 0 Å².